The molecular formula is C13H20N4O2S. The molecule has 1 aromatic rings. The van der Waals surface area contributed by atoms with E-state index in [0.717, 1.165) is 11.6 Å². The first-order chi connectivity index (χ1) is 9.56. The van der Waals surface area contributed by atoms with Crippen LogP contribution in [0.5, 0.6) is 0 Å². The molecule has 20 heavy (non-hydrogen) atoms. The third-order valence-electron chi connectivity index (χ3n) is 3.30. The molecule has 0 spiro atoms. The fraction of sp³-hybridized carbons (Fsp3) is 0.615. The minimum absolute atomic E-state index is 0.0547. The van der Waals surface area contributed by atoms with Crippen molar-refractivity contribution < 1.29 is 9.59 Å². The number of likely N-dealkylation sites (tertiary alicyclic amines) is 1. The number of thiazole rings is 1. The van der Waals surface area contributed by atoms with Crippen LogP contribution in [-0.2, 0) is 16.1 Å². The maximum atomic E-state index is 12.0. The van der Waals surface area contributed by atoms with E-state index in [9.17, 15) is 9.59 Å². The maximum Gasteiger partial charge on any atom is 0.225 e. The molecule has 1 N–H and O–H groups in total. The first-order valence-electron chi connectivity index (χ1n) is 6.65. The molecule has 0 radical (unpaired) electrons. The lowest BCUT2D eigenvalue weighted by Crippen LogP contribution is -2.35. The van der Waals surface area contributed by atoms with Crippen LogP contribution >= 0.6 is 11.3 Å². The van der Waals surface area contributed by atoms with E-state index in [1.165, 1.54) is 11.3 Å². The van der Waals surface area contributed by atoms with Crippen molar-refractivity contribution in [3.63, 3.8) is 0 Å². The summed E-state index contributed by atoms with van der Waals surface area (Å²) >= 11 is 1.51. The molecule has 1 aromatic heterocycles. The van der Waals surface area contributed by atoms with Crippen LogP contribution in [0.4, 0.5) is 0 Å². The Labute approximate surface area is 122 Å². The van der Waals surface area contributed by atoms with Gasteiger partial charge in [-0.25, -0.2) is 4.98 Å². The number of carbonyl (C=O) groups excluding carboxylic acids is 2. The summed E-state index contributed by atoms with van der Waals surface area (Å²) in [6.07, 6.45) is 2.03. The van der Waals surface area contributed by atoms with Crippen LogP contribution in [0, 0.1) is 5.92 Å². The topological polar surface area (TPSA) is 65.5 Å². The maximum absolute atomic E-state index is 12.0. The Bertz CT molecular complexity index is 461. The van der Waals surface area contributed by atoms with Crippen LogP contribution < -0.4 is 5.32 Å². The van der Waals surface area contributed by atoms with Crippen LogP contribution in [-0.4, -0.2) is 60.3 Å². The predicted octanol–water partition coefficient (Wildman–Crippen LogP) is 0.169. The van der Waals surface area contributed by atoms with Crippen LogP contribution in [0.1, 0.15) is 11.4 Å². The summed E-state index contributed by atoms with van der Waals surface area (Å²) in [6, 6.07) is 0. The lowest BCUT2D eigenvalue weighted by Gasteiger charge is -2.19. The molecule has 1 fully saturated rings. The number of likely N-dealkylation sites (N-methyl/N-ethyl adjacent to an activating group) is 1. The second-order valence-electron chi connectivity index (χ2n) is 5.19. The van der Waals surface area contributed by atoms with E-state index >= 15 is 0 Å². The highest BCUT2D eigenvalue weighted by atomic mass is 32.1. The van der Waals surface area contributed by atoms with Gasteiger partial charge in [-0.1, -0.05) is 0 Å². The Morgan fingerprint density at radius 1 is 1.60 bits per heavy atom. The van der Waals surface area contributed by atoms with Gasteiger partial charge in [-0.2, -0.15) is 0 Å². The van der Waals surface area contributed by atoms with Gasteiger partial charge in [0.15, 0.2) is 0 Å². The Kier molecular flexibility index (Phi) is 5.08. The summed E-state index contributed by atoms with van der Waals surface area (Å²) in [5.74, 6) is -0.216. The zero-order valence-corrected chi connectivity index (χ0v) is 12.7. The summed E-state index contributed by atoms with van der Waals surface area (Å²) < 4.78 is 0. The molecular weight excluding hydrogens is 276 g/mol. The summed E-state index contributed by atoms with van der Waals surface area (Å²) in [5.41, 5.74) is 0. The average molecular weight is 296 g/mol. The molecule has 2 heterocycles. The average Bonchev–Trinajstić information content (AvgIpc) is 3.03. The number of rotatable bonds is 6. The van der Waals surface area contributed by atoms with Crippen molar-refractivity contribution in [1.82, 2.24) is 20.1 Å². The van der Waals surface area contributed by atoms with Gasteiger partial charge in [0.1, 0.15) is 5.01 Å². The van der Waals surface area contributed by atoms with Crippen molar-refractivity contribution in [2.24, 2.45) is 5.92 Å². The second-order valence-corrected chi connectivity index (χ2v) is 6.17. The highest BCUT2D eigenvalue weighted by Crippen LogP contribution is 2.18. The van der Waals surface area contributed by atoms with Gasteiger partial charge in [0.2, 0.25) is 11.8 Å². The molecule has 110 valence electrons. The highest BCUT2D eigenvalue weighted by Gasteiger charge is 2.33. The Morgan fingerprint density at radius 2 is 2.40 bits per heavy atom. The lowest BCUT2D eigenvalue weighted by atomic mass is 10.1. The molecule has 0 unspecified atom stereocenters. The number of aromatic nitrogens is 1. The molecule has 1 aliphatic heterocycles. The van der Waals surface area contributed by atoms with E-state index in [1.54, 1.807) is 11.1 Å². The molecule has 1 aliphatic rings. The second kappa shape index (κ2) is 6.81. The van der Waals surface area contributed by atoms with Crippen LogP contribution in [0.25, 0.3) is 0 Å². The van der Waals surface area contributed by atoms with Gasteiger partial charge in [-0.15, -0.1) is 11.3 Å². The Morgan fingerprint density at radius 3 is 3.05 bits per heavy atom. The molecule has 1 atom stereocenters. The number of hydrogen-bond acceptors (Lipinski definition) is 5. The first-order valence-corrected chi connectivity index (χ1v) is 7.53. The number of nitrogens with one attached hydrogen (secondary N) is 1. The molecule has 2 amide bonds. The van der Waals surface area contributed by atoms with Crippen LogP contribution in [0.3, 0.4) is 0 Å². The number of amides is 2. The minimum Gasteiger partial charge on any atom is -0.349 e. The van der Waals surface area contributed by atoms with E-state index in [1.807, 2.05) is 24.4 Å². The summed E-state index contributed by atoms with van der Waals surface area (Å²) in [6.45, 7) is 2.47. The van der Waals surface area contributed by atoms with Gasteiger partial charge in [0.25, 0.3) is 0 Å². The number of nitrogens with zero attached hydrogens (tertiary/aromatic N) is 3. The van der Waals surface area contributed by atoms with E-state index < -0.39 is 0 Å². The van der Waals surface area contributed by atoms with Crippen molar-refractivity contribution in [3.05, 3.63) is 16.6 Å². The van der Waals surface area contributed by atoms with Crippen molar-refractivity contribution in [3.8, 4) is 0 Å². The zero-order valence-electron chi connectivity index (χ0n) is 11.8. The van der Waals surface area contributed by atoms with E-state index in [4.69, 9.17) is 0 Å². The lowest BCUT2D eigenvalue weighted by molar-refractivity contribution is -0.129. The number of hydrogen-bond donors (Lipinski definition) is 1. The Hall–Kier alpha value is -1.47. The van der Waals surface area contributed by atoms with Crippen LogP contribution in [0.2, 0.25) is 0 Å². The largest absolute Gasteiger partial charge is 0.349 e. The van der Waals surface area contributed by atoms with Crippen molar-refractivity contribution in [1.29, 1.82) is 0 Å². The molecule has 0 aromatic carbocycles. The summed E-state index contributed by atoms with van der Waals surface area (Å²) in [4.78, 5) is 31.8. The fourth-order valence-electron chi connectivity index (χ4n) is 2.13. The van der Waals surface area contributed by atoms with Crippen molar-refractivity contribution in [2.75, 3.05) is 33.7 Å². The Balaban J connectivity index is 1.78. The predicted molar refractivity (Wildman–Crippen MR) is 77.2 cm³/mol. The molecule has 0 saturated carbocycles. The monoisotopic (exact) mass is 296 g/mol. The molecule has 0 bridgehead atoms. The van der Waals surface area contributed by atoms with Crippen molar-refractivity contribution in [2.45, 2.75) is 13.0 Å². The van der Waals surface area contributed by atoms with Gasteiger partial charge < -0.3 is 15.1 Å². The smallest absolute Gasteiger partial charge is 0.225 e. The van der Waals surface area contributed by atoms with Gasteiger partial charge >= 0.3 is 0 Å². The molecule has 7 heteroatoms. The third-order valence-corrected chi connectivity index (χ3v) is 4.08. The van der Waals surface area contributed by atoms with Gasteiger partial charge in [0, 0.05) is 37.6 Å². The standard InChI is InChI=1S/C13H20N4O2S/c1-16(2)4-5-17-9-10(7-12(17)18)13(19)15-8-11-14-3-6-20-11/h3,6,10H,4-5,7-9H2,1-2H3,(H,15,19)/t10-/m1/s1. The zero-order chi connectivity index (χ0) is 14.5. The van der Waals surface area contributed by atoms with Crippen molar-refractivity contribution >= 4 is 23.2 Å². The molecule has 2 rings (SSSR count). The normalized spacial score (nSPS) is 18.9. The molecule has 0 aliphatic carbocycles. The first kappa shape index (κ1) is 14.9. The molecule has 1 saturated heterocycles. The third kappa shape index (κ3) is 4.01. The highest BCUT2D eigenvalue weighted by molar-refractivity contribution is 7.09. The van der Waals surface area contributed by atoms with E-state index in [0.29, 0.717) is 26.1 Å². The van der Waals surface area contributed by atoms with E-state index in [2.05, 4.69) is 10.3 Å². The summed E-state index contributed by atoms with van der Waals surface area (Å²) in [7, 11) is 3.94. The number of carbonyl (C=O) groups is 2. The van der Waals surface area contributed by atoms with Gasteiger partial charge in [-0.3, -0.25) is 9.59 Å². The minimum atomic E-state index is -0.232. The van der Waals surface area contributed by atoms with Gasteiger partial charge in [-0.05, 0) is 14.1 Å². The van der Waals surface area contributed by atoms with Gasteiger partial charge in [0.05, 0.1) is 12.5 Å². The molecule has 6 nitrogen and oxygen atoms in total. The summed E-state index contributed by atoms with van der Waals surface area (Å²) in [5, 5.41) is 5.61. The quantitative estimate of drug-likeness (QED) is 0.813. The van der Waals surface area contributed by atoms with E-state index in [-0.39, 0.29) is 17.7 Å². The SMILES string of the molecule is CN(C)CCN1C[C@H](C(=O)NCc2nccs2)CC1=O. The fourth-order valence-corrected chi connectivity index (χ4v) is 2.69. The van der Waals surface area contributed by atoms with Crippen LogP contribution in [0.15, 0.2) is 11.6 Å².